The molecule has 1 amide bonds. The van der Waals surface area contributed by atoms with Gasteiger partial charge >= 0.3 is 5.97 Å². The van der Waals surface area contributed by atoms with Crippen molar-refractivity contribution in [3.8, 4) is 0 Å². The molecule has 0 aliphatic carbocycles. The molecule has 0 bridgehead atoms. The van der Waals surface area contributed by atoms with Crippen molar-refractivity contribution in [2.24, 2.45) is 5.41 Å². The number of amides is 1. The minimum absolute atomic E-state index is 0.164. The maximum Gasteiger partial charge on any atom is 0.309 e. The molecule has 24 heavy (non-hydrogen) atoms. The highest BCUT2D eigenvalue weighted by molar-refractivity contribution is 7.89. The van der Waals surface area contributed by atoms with Crippen LogP contribution in [-0.2, 0) is 26.0 Å². The van der Waals surface area contributed by atoms with E-state index in [0.29, 0.717) is 19.4 Å². The van der Waals surface area contributed by atoms with Crippen molar-refractivity contribution >= 4 is 21.9 Å². The third-order valence-electron chi connectivity index (χ3n) is 3.79. The second kappa shape index (κ2) is 8.25. The SMILES string of the molecule is CNS(=O)(=O)c1ccc(CCC(=O)NCCC(C)(C)C(=O)O)cc1. The summed E-state index contributed by atoms with van der Waals surface area (Å²) in [5.41, 5.74) is -0.0203. The topological polar surface area (TPSA) is 113 Å². The van der Waals surface area contributed by atoms with E-state index in [1.807, 2.05) is 0 Å². The predicted octanol–water partition coefficient (Wildman–Crippen LogP) is 1.14. The maximum absolute atomic E-state index is 11.8. The summed E-state index contributed by atoms with van der Waals surface area (Å²) in [7, 11) is -2.11. The molecule has 0 atom stereocenters. The number of carboxylic acid groups (broad SMARTS) is 1. The van der Waals surface area contributed by atoms with Crippen molar-refractivity contribution in [3.63, 3.8) is 0 Å². The molecule has 0 aliphatic heterocycles. The molecule has 1 aromatic rings. The minimum Gasteiger partial charge on any atom is -0.481 e. The highest BCUT2D eigenvalue weighted by atomic mass is 32.2. The van der Waals surface area contributed by atoms with E-state index in [0.717, 1.165) is 5.56 Å². The van der Waals surface area contributed by atoms with Gasteiger partial charge in [-0.3, -0.25) is 9.59 Å². The summed E-state index contributed by atoms with van der Waals surface area (Å²) in [4.78, 5) is 22.9. The van der Waals surface area contributed by atoms with Gasteiger partial charge in [-0.2, -0.15) is 0 Å². The fraction of sp³-hybridized carbons (Fsp3) is 0.500. The van der Waals surface area contributed by atoms with Crippen LogP contribution in [0.2, 0.25) is 0 Å². The summed E-state index contributed by atoms with van der Waals surface area (Å²) < 4.78 is 25.5. The first-order valence-electron chi connectivity index (χ1n) is 7.61. The third kappa shape index (κ3) is 5.93. The highest BCUT2D eigenvalue weighted by Gasteiger charge is 2.26. The average molecular weight is 356 g/mol. The van der Waals surface area contributed by atoms with Crippen LogP contribution in [0.4, 0.5) is 0 Å². The number of sulfonamides is 1. The molecule has 0 aliphatic rings. The molecule has 0 spiro atoms. The molecule has 0 saturated heterocycles. The summed E-state index contributed by atoms with van der Waals surface area (Å²) in [6.45, 7) is 3.53. The van der Waals surface area contributed by atoms with Gasteiger partial charge < -0.3 is 10.4 Å². The number of aryl methyl sites for hydroxylation is 1. The molecule has 3 N–H and O–H groups in total. The van der Waals surface area contributed by atoms with Gasteiger partial charge in [0.05, 0.1) is 10.3 Å². The molecule has 0 saturated carbocycles. The fourth-order valence-corrected chi connectivity index (χ4v) is 2.65. The van der Waals surface area contributed by atoms with Gasteiger partial charge in [-0.25, -0.2) is 13.1 Å². The quantitative estimate of drug-likeness (QED) is 0.614. The van der Waals surface area contributed by atoms with Crippen molar-refractivity contribution in [2.75, 3.05) is 13.6 Å². The third-order valence-corrected chi connectivity index (χ3v) is 5.22. The number of carbonyl (C=O) groups is 2. The van der Waals surface area contributed by atoms with Crippen molar-refractivity contribution in [1.29, 1.82) is 0 Å². The van der Waals surface area contributed by atoms with E-state index in [1.54, 1.807) is 26.0 Å². The predicted molar refractivity (Wildman–Crippen MR) is 90.1 cm³/mol. The Morgan fingerprint density at radius 2 is 1.75 bits per heavy atom. The van der Waals surface area contributed by atoms with Gasteiger partial charge in [0.15, 0.2) is 0 Å². The summed E-state index contributed by atoms with van der Waals surface area (Å²) in [6, 6.07) is 6.33. The molecule has 0 radical (unpaired) electrons. The Bertz CT molecular complexity index is 681. The Kier molecular flexibility index (Phi) is 6.92. The van der Waals surface area contributed by atoms with E-state index < -0.39 is 21.4 Å². The molecule has 1 aromatic carbocycles. The summed E-state index contributed by atoms with van der Waals surface area (Å²) in [6.07, 6.45) is 1.09. The van der Waals surface area contributed by atoms with E-state index in [2.05, 4.69) is 10.0 Å². The van der Waals surface area contributed by atoms with Crippen molar-refractivity contribution in [3.05, 3.63) is 29.8 Å². The van der Waals surface area contributed by atoms with Gasteiger partial charge in [-0.15, -0.1) is 0 Å². The van der Waals surface area contributed by atoms with Crippen LogP contribution in [-0.4, -0.2) is 39.0 Å². The molecule has 0 heterocycles. The Morgan fingerprint density at radius 1 is 1.17 bits per heavy atom. The van der Waals surface area contributed by atoms with Crippen LogP contribution in [0.5, 0.6) is 0 Å². The number of carboxylic acids is 1. The van der Waals surface area contributed by atoms with Gasteiger partial charge in [0.1, 0.15) is 0 Å². The number of hydrogen-bond acceptors (Lipinski definition) is 4. The van der Waals surface area contributed by atoms with Gasteiger partial charge in [-0.05, 0) is 51.4 Å². The molecule has 1 rings (SSSR count). The van der Waals surface area contributed by atoms with Crippen molar-refractivity contribution < 1.29 is 23.1 Å². The van der Waals surface area contributed by atoms with Crippen LogP contribution in [0.1, 0.15) is 32.3 Å². The first kappa shape index (κ1) is 20.1. The van der Waals surface area contributed by atoms with Crippen LogP contribution in [0.25, 0.3) is 0 Å². The van der Waals surface area contributed by atoms with E-state index in [4.69, 9.17) is 5.11 Å². The van der Waals surface area contributed by atoms with Crippen LogP contribution in [0.3, 0.4) is 0 Å². The summed E-state index contributed by atoms with van der Waals surface area (Å²) in [5.74, 6) is -1.06. The molecule has 0 aromatic heterocycles. The van der Waals surface area contributed by atoms with Gasteiger partial charge in [0, 0.05) is 13.0 Å². The van der Waals surface area contributed by atoms with E-state index in [1.165, 1.54) is 19.2 Å². The van der Waals surface area contributed by atoms with Crippen LogP contribution < -0.4 is 10.0 Å². The lowest BCUT2D eigenvalue weighted by atomic mass is 9.90. The summed E-state index contributed by atoms with van der Waals surface area (Å²) in [5, 5.41) is 11.7. The molecule has 0 unspecified atom stereocenters. The van der Waals surface area contributed by atoms with Crippen LogP contribution in [0, 0.1) is 5.41 Å². The molecule has 8 heteroatoms. The smallest absolute Gasteiger partial charge is 0.309 e. The summed E-state index contributed by atoms with van der Waals surface area (Å²) >= 11 is 0. The van der Waals surface area contributed by atoms with Gasteiger partial charge in [0.25, 0.3) is 0 Å². The Morgan fingerprint density at radius 3 is 2.25 bits per heavy atom. The first-order chi connectivity index (χ1) is 11.1. The molecule has 7 nitrogen and oxygen atoms in total. The Balaban J connectivity index is 2.44. The molecule has 0 fully saturated rings. The normalized spacial score (nSPS) is 12.0. The Labute approximate surface area is 142 Å². The first-order valence-corrected chi connectivity index (χ1v) is 9.09. The molecular weight excluding hydrogens is 332 g/mol. The number of aliphatic carboxylic acids is 1. The number of nitrogens with one attached hydrogen (secondary N) is 2. The number of carbonyl (C=O) groups excluding carboxylic acids is 1. The fourth-order valence-electron chi connectivity index (χ4n) is 1.92. The lowest BCUT2D eigenvalue weighted by Crippen LogP contribution is -2.32. The lowest BCUT2D eigenvalue weighted by molar-refractivity contribution is -0.147. The maximum atomic E-state index is 11.8. The molecular formula is C16H24N2O5S. The van der Waals surface area contributed by atoms with E-state index in [-0.39, 0.29) is 17.2 Å². The van der Waals surface area contributed by atoms with Gasteiger partial charge in [0.2, 0.25) is 15.9 Å². The van der Waals surface area contributed by atoms with Gasteiger partial charge in [-0.1, -0.05) is 12.1 Å². The number of hydrogen-bond donors (Lipinski definition) is 3. The van der Waals surface area contributed by atoms with Crippen LogP contribution >= 0.6 is 0 Å². The van der Waals surface area contributed by atoms with Crippen LogP contribution in [0.15, 0.2) is 29.2 Å². The standard InChI is InChI=1S/C16H24N2O5S/c1-16(2,15(20)21)10-11-18-14(19)9-6-12-4-7-13(8-5-12)24(22,23)17-3/h4-5,7-8,17H,6,9-11H2,1-3H3,(H,18,19)(H,20,21). The Hall–Kier alpha value is -1.93. The monoisotopic (exact) mass is 356 g/mol. The zero-order valence-electron chi connectivity index (χ0n) is 14.1. The number of rotatable bonds is 9. The largest absolute Gasteiger partial charge is 0.481 e. The molecule has 134 valence electrons. The van der Waals surface area contributed by atoms with Crippen molar-refractivity contribution in [1.82, 2.24) is 10.0 Å². The van der Waals surface area contributed by atoms with E-state index >= 15 is 0 Å². The zero-order chi connectivity index (χ0) is 18.4. The second-order valence-electron chi connectivity index (χ2n) is 6.14. The lowest BCUT2D eigenvalue weighted by Gasteiger charge is -2.18. The zero-order valence-corrected chi connectivity index (χ0v) is 14.9. The van der Waals surface area contributed by atoms with E-state index in [9.17, 15) is 18.0 Å². The minimum atomic E-state index is -3.46. The number of benzene rings is 1. The van der Waals surface area contributed by atoms with Crippen molar-refractivity contribution in [2.45, 2.75) is 38.0 Å². The highest BCUT2D eigenvalue weighted by Crippen LogP contribution is 2.19. The second-order valence-corrected chi connectivity index (χ2v) is 8.03. The average Bonchev–Trinajstić information content (AvgIpc) is 2.53.